The van der Waals surface area contributed by atoms with Gasteiger partial charge in [-0.05, 0) is 44.6 Å². The van der Waals surface area contributed by atoms with Gasteiger partial charge in [-0.1, -0.05) is 57.8 Å². The number of esters is 1. The zero-order chi connectivity index (χ0) is 29.7. The molecule has 4 fully saturated rings. The van der Waals surface area contributed by atoms with Crippen LogP contribution in [-0.2, 0) is 32.4 Å². The molecule has 3 aliphatic carbocycles. The first kappa shape index (κ1) is 31.5. The van der Waals surface area contributed by atoms with Gasteiger partial charge in [0.1, 0.15) is 11.9 Å². The van der Waals surface area contributed by atoms with Gasteiger partial charge >= 0.3 is 25.4 Å². The average molecular weight is 618 g/mol. The van der Waals surface area contributed by atoms with E-state index in [0.29, 0.717) is 43.1 Å². The van der Waals surface area contributed by atoms with Crippen LogP contribution in [0.25, 0.3) is 0 Å². The summed E-state index contributed by atoms with van der Waals surface area (Å²) in [5, 5.41) is 0. The molecule has 4 aliphatic rings. The van der Waals surface area contributed by atoms with Gasteiger partial charge in [0.15, 0.2) is 6.10 Å². The molecule has 0 unspecified atom stereocenters. The molecule has 1 saturated heterocycles. The van der Waals surface area contributed by atoms with Gasteiger partial charge in [0.25, 0.3) is 0 Å². The Bertz CT molecular complexity index is 1140. The number of alkyl halides is 2. The first-order chi connectivity index (χ1) is 20.1. The second-order valence-electron chi connectivity index (χ2n) is 11.9. The Morgan fingerprint density at radius 1 is 0.976 bits per heavy atom. The highest BCUT2D eigenvalue weighted by molar-refractivity contribution is 7.48. The van der Waals surface area contributed by atoms with Gasteiger partial charge < -0.3 is 15.2 Å². The Balaban J connectivity index is 1.37. The average Bonchev–Trinajstić information content (AvgIpc) is 3.22. The predicted octanol–water partition coefficient (Wildman–Crippen LogP) is 5.67. The molecule has 1 aromatic rings. The van der Waals surface area contributed by atoms with Crippen LogP contribution in [0.3, 0.4) is 0 Å². The minimum Gasteiger partial charge on any atom is -0.453 e. The number of carbonyl (C=O) groups is 1. The van der Waals surface area contributed by atoms with E-state index < -0.39 is 56.4 Å². The lowest BCUT2D eigenvalue weighted by atomic mass is 9.89. The molecule has 11 nitrogen and oxygen atoms in total. The fraction of sp³-hybridized carbons (Fsp3) is 0.821. The summed E-state index contributed by atoms with van der Waals surface area (Å²) in [4.78, 5) is 29.0. The van der Waals surface area contributed by atoms with Gasteiger partial charge in [0.2, 0.25) is 6.23 Å². The van der Waals surface area contributed by atoms with E-state index in [1.54, 1.807) is 0 Å². The zero-order valence-corrected chi connectivity index (χ0v) is 24.8. The lowest BCUT2D eigenvalue weighted by Gasteiger charge is -2.31. The van der Waals surface area contributed by atoms with Crippen LogP contribution in [0.1, 0.15) is 103 Å². The molecule has 0 aromatic carbocycles. The number of hydrogen-bond acceptors (Lipinski definition) is 10. The molecule has 0 bridgehead atoms. The van der Waals surface area contributed by atoms with E-state index in [1.165, 1.54) is 6.07 Å². The van der Waals surface area contributed by atoms with Crippen LogP contribution in [0, 0.1) is 5.92 Å². The van der Waals surface area contributed by atoms with E-state index in [9.17, 15) is 14.2 Å². The summed E-state index contributed by atoms with van der Waals surface area (Å²) in [6, 6.07) is 1.19. The smallest absolute Gasteiger partial charge is 0.453 e. The molecule has 236 valence electrons. The molecule has 14 heteroatoms. The summed E-state index contributed by atoms with van der Waals surface area (Å²) >= 11 is 0. The van der Waals surface area contributed by atoms with Crippen LogP contribution in [0.15, 0.2) is 17.1 Å². The molecule has 1 aromatic heterocycles. The predicted molar refractivity (Wildman–Crippen MR) is 148 cm³/mol. The van der Waals surface area contributed by atoms with Crippen LogP contribution in [-0.4, -0.2) is 52.5 Å². The molecule has 0 radical (unpaired) electrons. The summed E-state index contributed by atoms with van der Waals surface area (Å²) in [6.45, 7) is -0.664. The van der Waals surface area contributed by atoms with Gasteiger partial charge in [0.05, 0.1) is 24.7 Å². The maximum Gasteiger partial charge on any atom is 0.475 e. The third-order valence-corrected chi connectivity index (χ3v) is 10.3. The lowest BCUT2D eigenvalue weighted by molar-refractivity contribution is -0.181. The number of carbonyl (C=O) groups excluding carboxylic acids is 1. The molecule has 0 spiro atoms. The first-order valence-corrected chi connectivity index (χ1v) is 16.8. The number of anilines is 1. The highest BCUT2D eigenvalue weighted by Crippen LogP contribution is 2.55. The second-order valence-corrected chi connectivity index (χ2v) is 13.5. The zero-order valence-electron chi connectivity index (χ0n) is 23.9. The van der Waals surface area contributed by atoms with Gasteiger partial charge in [-0.2, -0.15) is 13.8 Å². The monoisotopic (exact) mass is 617 g/mol. The number of aromatic nitrogens is 2. The van der Waals surface area contributed by atoms with Crippen molar-refractivity contribution in [2.24, 2.45) is 5.92 Å². The Hall–Kier alpha value is -1.92. The Morgan fingerprint density at radius 3 is 2.07 bits per heavy atom. The van der Waals surface area contributed by atoms with E-state index in [-0.39, 0.29) is 18.0 Å². The molecular formula is C28H42F2N3O8P. The molecule has 3 saturated carbocycles. The molecule has 5 rings (SSSR count). The fourth-order valence-corrected chi connectivity index (χ4v) is 8.02. The van der Waals surface area contributed by atoms with Crippen molar-refractivity contribution in [3.05, 3.63) is 22.7 Å². The van der Waals surface area contributed by atoms with E-state index in [0.717, 1.165) is 64.0 Å². The molecule has 1 aliphatic heterocycles. The van der Waals surface area contributed by atoms with Crippen LogP contribution in [0.5, 0.6) is 0 Å². The van der Waals surface area contributed by atoms with Crippen LogP contribution >= 0.6 is 7.82 Å². The maximum atomic E-state index is 16.0. The maximum absolute atomic E-state index is 16.0. The van der Waals surface area contributed by atoms with Crippen LogP contribution < -0.4 is 11.4 Å². The van der Waals surface area contributed by atoms with E-state index in [2.05, 4.69) is 4.98 Å². The third kappa shape index (κ3) is 7.59. The van der Waals surface area contributed by atoms with E-state index in [4.69, 9.17) is 28.8 Å². The van der Waals surface area contributed by atoms with Crippen molar-refractivity contribution in [1.82, 2.24) is 9.55 Å². The van der Waals surface area contributed by atoms with Crippen molar-refractivity contribution in [3.8, 4) is 0 Å². The van der Waals surface area contributed by atoms with Crippen molar-refractivity contribution >= 4 is 19.6 Å². The Labute approximate surface area is 244 Å². The second kappa shape index (κ2) is 13.8. The Kier molecular flexibility index (Phi) is 10.4. The summed E-state index contributed by atoms with van der Waals surface area (Å²) in [7, 11) is -4.21. The summed E-state index contributed by atoms with van der Waals surface area (Å²) in [6.07, 6.45) is 6.71. The molecule has 42 heavy (non-hydrogen) atoms. The number of nitrogen functional groups attached to an aromatic ring is 1. The van der Waals surface area contributed by atoms with Gasteiger partial charge in [0, 0.05) is 6.20 Å². The number of nitrogens with two attached hydrogens (primary N) is 1. The largest absolute Gasteiger partial charge is 0.475 e. The normalized spacial score (nSPS) is 28.1. The highest BCUT2D eigenvalue weighted by Gasteiger charge is 2.63. The van der Waals surface area contributed by atoms with Gasteiger partial charge in [-0.3, -0.25) is 22.9 Å². The van der Waals surface area contributed by atoms with Crippen LogP contribution in [0.2, 0.25) is 0 Å². The topological polar surface area (TPSA) is 141 Å². The number of phosphoric acid groups is 1. The summed E-state index contributed by atoms with van der Waals surface area (Å²) in [5.74, 6) is -5.25. The molecule has 2 N–H and O–H groups in total. The number of phosphoric ester groups is 1. The first-order valence-electron chi connectivity index (χ1n) is 15.3. The molecular weight excluding hydrogens is 575 g/mol. The SMILES string of the molecule is Nc1ccn([C@@H]2O[C@H](COP(=O)(OC3CCCCC3)OC3CCCCC3)[C@@H](OC(=O)C3CCCCC3)C2(F)F)c(=O)n1. The molecule has 0 amide bonds. The van der Waals surface area contributed by atoms with Gasteiger partial charge in [-0.25, -0.2) is 9.36 Å². The lowest BCUT2D eigenvalue weighted by Crippen LogP contribution is -2.45. The summed E-state index contributed by atoms with van der Waals surface area (Å²) in [5.41, 5.74) is 4.49. The van der Waals surface area contributed by atoms with Crippen molar-refractivity contribution < 1.29 is 41.2 Å². The highest BCUT2D eigenvalue weighted by atomic mass is 31.2. The van der Waals surface area contributed by atoms with Crippen molar-refractivity contribution in [3.63, 3.8) is 0 Å². The standard InChI is InChI=1S/C28H42F2N3O8P/c29-28(30)24(39-25(34)19-10-4-1-5-11-19)22(38-26(28)33-17-16-23(31)32-27(33)35)18-37-42(36,40-20-12-6-2-7-13-20)41-21-14-8-3-9-15-21/h16-17,19-22,24,26H,1-15,18H2,(H2,31,32,35)/t22-,24-,26-/m1/s1. The number of halogens is 2. The number of nitrogens with zero attached hydrogens (tertiary/aromatic N) is 2. The fourth-order valence-electron chi connectivity index (χ4n) is 6.37. The number of ether oxygens (including phenoxy) is 2. The third-order valence-electron chi connectivity index (χ3n) is 8.69. The van der Waals surface area contributed by atoms with Crippen LogP contribution in [0.4, 0.5) is 14.6 Å². The molecule has 3 atom stereocenters. The van der Waals surface area contributed by atoms with Crippen molar-refractivity contribution in [1.29, 1.82) is 0 Å². The van der Waals surface area contributed by atoms with E-state index >= 15 is 8.78 Å². The van der Waals surface area contributed by atoms with Gasteiger partial charge in [-0.15, -0.1) is 0 Å². The minimum atomic E-state index is -4.21. The minimum absolute atomic E-state index is 0.140. The molecule has 2 heterocycles. The van der Waals surface area contributed by atoms with Crippen molar-refractivity contribution in [2.75, 3.05) is 12.3 Å². The number of rotatable bonds is 10. The Morgan fingerprint density at radius 2 is 1.52 bits per heavy atom. The number of hydrogen-bond donors (Lipinski definition) is 1. The van der Waals surface area contributed by atoms with Crippen molar-refractivity contribution in [2.45, 2.75) is 133 Å². The summed E-state index contributed by atoms with van der Waals surface area (Å²) < 4.78 is 75.2. The van der Waals surface area contributed by atoms with E-state index in [1.807, 2.05) is 0 Å². The quantitative estimate of drug-likeness (QED) is 0.258.